The topological polar surface area (TPSA) is 3.24 Å². The lowest BCUT2D eigenvalue weighted by Gasteiger charge is -2.32. The highest BCUT2D eigenvalue weighted by Crippen LogP contribution is 2.53. The Kier molecular flexibility index (Phi) is 4.94. The third-order valence-electron chi connectivity index (χ3n) is 6.99. The fourth-order valence-corrected chi connectivity index (χ4v) is 5.35. The molecular formula is C29H28BN. The van der Waals surface area contributed by atoms with Crippen LogP contribution in [0, 0.1) is 0 Å². The monoisotopic (exact) mass is 401 g/mol. The van der Waals surface area contributed by atoms with E-state index in [1.807, 2.05) is 0 Å². The summed E-state index contributed by atoms with van der Waals surface area (Å²) < 4.78 is 0. The Morgan fingerprint density at radius 1 is 0.613 bits per heavy atom. The van der Waals surface area contributed by atoms with Crippen LogP contribution in [0.25, 0.3) is 11.1 Å². The van der Waals surface area contributed by atoms with Crippen molar-refractivity contribution in [3.05, 3.63) is 108 Å². The highest BCUT2D eigenvalue weighted by molar-refractivity contribution is 6.32. The summed E-state index contributed by atoms with van der Waals surface area (Å²) in [5, 5.41) is 0. The van der Waals surface area contributed by atoms with Crippen molar-refractivity contribution in [1.29, 1.82) is 0 Å². The summed E-state index contributed by atoms with van der Waals surface area (Å²) in [6.07, 6.45) is 2.21. The van der Waals surface area contributed by atoms with Crippen molar-refractivity contribution in [1.82, 2.24) is 0 Å². The SMILES string of the molecule is Bc1ccc2c(c1)C(CC)(CC)c1cc(N(c3ccccc3)c3ccccc3)ccc1-2. The maximum atomic E-state index is 2.44. The van der Waals surface area contributed by atoms with Crippen LogP contribution < -0.4 is 10.4 Å². The minimum absolute atomic E-state index is 0.0751. The molecule has 0 N–H and O–H groups in total. The molecule has 2 heteroatoms. The van der Waals surface area contributed by atoms with Crippen LogP contribution >= 0.6 is 0 Å². The first-order valence-corrected chi connectivity index (χ1v) is 11.3. The summed E-state index contributed by atoms with van der Waals surface area (Å²) >= 11 is 0. The number of rotatable bonds is 5. The molecule has 0 aromatic heterocycles. The summed E-state index contributed by atoms with van der Waals surface area (Å²) in [5.74, 6) is 0. The quantitative estimate of drug-likeness (QED) is 0.345. The molecule has 0 unspecified atom stereocenters. The van der Waals surface area contributed by atoms with Crippen molar-refractivity contribution in [2.75, 3.05) is 4.90 Å². The Morgan fingerprint density at radius 2 is 1.13 bits per heavy atom. The van der Waals surface area contributed by atoms with E-state index >= 15 is 0 Å². The lowest BCUT2D eigenvalue weighted by Crippen LogP contribution is -2.24. The van der Waals surface area contributed by atoms with Crippen LogP contribution in [0.2, 0.25) is 0 Å². The number of benzene rings is 4. The zero-order valence-electron chi connectivity index (χ0n) is 18.6. The zero-order chi connectivity index (χ0) is 21.4. The Hall–Kier alpha value is -3.26. The molecule has 0 spiro atoms. The van der Waals surface area contributed by atoms with Crippen LogP contribution in [0.4, 0.5) is 17.1 Å². The van der Waals surface area contributed by atoms with Crippen LogP contribution in [0.1, 0.15) is 37.8 Å². The molecule has 0 fully saturated rings. The number of hydrogen-bond donors (Lipinski definition) is 0. The standard InChI is InChI=1S/C29H28BN/c1-3-29(4-2)27-19-21(30)15-17-25(27)26-18-16-24(20-28(26)29)31(22-11-7-5-8-12-22)23-13-9-6-10-14-23/h5-20H,3-4,30H2,1-2H3. The first-order valence-electron chi connectivity index (χ1n) is 11.3. The summed E-state index contributed by atoms with van der Waals surface area (Å²) in [6.45, 7) is 4.67. The molecule has 0 amide bonds. The third-order valence-corrected chi connectivity index (χ3v) is 6.99. The van der Waals surface area contributed by atoms with Crippen molar-refractivity contribution in [2.24, 2.45) is 0 Å². The third kappa shape index (κ3) is 3.09. The summed E-state index contributed by atoms with van der Waals surface area (Å²) in [7, 11) is 2.21. The van der Waals surface area contributed by atoms with E-state index in [4.69, 9.17) is 0 Å². The summed E-state index contributed by atoms with van der Waals surface area (Å²) in [5.41, 5.74) is 10.7. The number of nitrogens with zero attached hydrogens (tertiary/aromatic N) is 1. The van der Waals surface area contributed by atoms with Gasteiger partial charge in [0.25, 0.3) is 0 Å². The normalized spacial score (nSPS) is 13.5. The van der Waals surface area contributed by atoms with E-state index in [9.17, 15) is 0 Å². The lowest BCUT2D eigenvalue weighted by atomic mass is 9.72. The maximum absolute atomic E-state index is 2.44. The molecule has 0 aliphatic heterocycles. The van der Waals surface area contributed by atoms with Gasteiger partial charge in [-0.25, -0.2) is 0 Å². The Balaban J connectivity index is 1.73. The minimum atomic E-state index is 0.0751. The Bertz CT molecular complexity index is 1170. The van der Waals surface area contributed by atoms with E-state index in [1.54, 1.807) is 0 Å². The van der Waals surface area contributed by atoms with Crippen molar-refractivity contribution >= 4 is 30.4 Å². The van der Waals surface area contributed by atoms with Gasteiger partial charge in [0, 0.05) is 22.5 Å². The zero-order valence-corrected chi connectivity index (χ0v) is 18.6. The first-order chi connectivity index (χ1) is 15.2. The number of anilines is 3. The molecule has 0 saturated carbocycles. The second-order valence-electron chi connectivity index (χ2n) is 8.57. The molecule has 31 heavy (non-hydrogen) atoms. The molecule has 0 saturated heterocycles. The van der Waals surface area contributed by atoms with Gasteiger partial charge in [-0.3, -0.25) is 0 Å². The molecule has 152 valence electrons. The average Bonchev–Trinajstić information content (AvgIpc) is 3.09. The van der Waals surface area contributed by atoms with E-state index in [0.29, 0.717) is 0 Å². The molecule has 4 aromatic carbocycles. The number of fused-ring (bicyclic) bond motifs is 3. The Labute approximate surface area is 186 Å². The van der Waals surface area contributed by atoms with Gasteiger partial charge >= 0.3 is 0 Å². The fourth-order valence-electron chi connectivity index (χ4n) is 5.35. The van der Waals surface area contributed by atoms with Gasteiger partial charge in [-0.05, 0) is 71.5 Å². The van der Waals surface area contributed by atoms with Gasteiger partial charge in [0.05, 0.1) is 0 Å². The molecule has 0 bridgehead atoms. The average molecular weight is 401 g/mol. The van der Waals surface area contributed by atoms with Gasteiger partial charge in [0.15, 0.2) is 0 Å². The van der Waals surface area contributed by atoms with Crippen LogP contribution in [-0.4, -0.2) is 7.85 Å². The van der Waals surface area contributed by atoms with Gasteiger partial charge in [0.2, 0.25) is 0 Å². The van der Waals surface area contributed by atoms with E-state index < -0.39 is 0 Å². The molecular weight excluding hydrogens is 373 g/mol. The Morgan fingerprint density at radius 3 is 1.68 bits per heavy atom. The van der Waals surface area contributed by atoms with Crippen molar-refractivity contribution < 1.29 is 0 Å². The second-order valence-corrected chi connectivity index (χ2v) is 8.57. The van der Waals surface area contributed by atoms with Crippen LogP contribution in [-0.2, 0) is 5.41 Å². The summed E-state index contributed by atoms with van der Waals surface area (Å²) in [6, 6.07) is 35.4. The van der Waals surface area contributed by atoms with Gasteiger partial charge in [-0.15, -0.1) is 0 Å². The molecule has 1 aliphatic carbocycles. The van der Waals surface area contributed by atoms with Crippen molar-refractivity contribution in [3.63, 3.8) is 0 Å². The predicted octanol–water partition coefficient (Wildman–Crippen LogP) is 6.50. The molecule has 0 heterocycles. The summed E-state index contributed by atoms with van der Waals surface area (Å²) in [4.78, 5) is 2.37. The number of hydrogen-bond acceptors (Lipinski definition) is 1. The molecule has 1 nitrogen and oxygen atoms in total. The fraction of sp³-hybridized carbons (Fsp3) is 0.172. The van der Waals surface area contributed by atoms with Gasteiger partial charge in [0.1, 0.15) is 7.85 Å². The van der Waals surface area contributed by atoms with Crippen LogP contribution in [0.15, 0.2) is 97.1 Å². The largest absolute Gasteiger partial charge is 0.310 e. The van der Waals surface area contributed by atoms with Crippen molar-refractivity contribution in [3.8, 4) is 11.1 Å². The highest BCUT2D eigenvalue weighted by atomic mass is 15.1. The number of para-hydroxylation sites is 2. The first kappa shape index (κ1) is 19.7. The van der Waals surface area contributed by atoms with E-state index in [2.05, 4.69) is 124 Å². The highest BCUT2D eigenvalue weighted by Gasteiger charge is 2.40. The van der Waals surface area contributed by atoms with Crippen molar-refractivity contribution in [2.45, 2.75) is 32.1 Å². The van der Waals surface area contributed by atoms with Gasteiger partial charge in [-0.1, -0.05) is 80.0 Å². The van der Waals surface area contributed by atoms with E-state index in [1.165, 1.54) is 44.8 Å². The lowest BCUT2D eigenvalue weighted by molar-refractivity contribution is 0.491. The van der Waals surface area contributed by atoms with Crippen LogP contribution in [0.5, 0.6) is 0 Å². The molecule has 4 aromatic rings. The van der Waals surface area contributed by atoms with Gasteiger partial charge in [-0.2, -0.15) is 0 Å². The van der Waals surface area contributed by atoms with Gasteiger partial charge < -0.3 is 4.90 Å². The molecule has 0 radical (unpaired) electrons. The predicted molar refractivity (Wildman–Crippen MR) is 136 cm³/mol. The molecule has 0 atom stereocenters. The minimum Gasteiger partial charge on any atom is -0.310 e. The smallest absolute Gasteiger partial charge is 0.139 e. The molecule has 1 aliphatic rings. The maximum Gasteiger partial charge on any atom is 0.139 e. The van der Waals surface area contributed by atoms with E-state index in [0.717, 1.165) is 12.8 Å². The molecule has 5 rings (SSSR count). The van der Waals surface area contributed by atoms with Crippen LogP contribution in [0.3, 0.4) is 0 Å². The van der Waals surface area contributed by atoms with E-state index in [-0.39, 0.29) is 5.41 Å². The second kappa shape index (κ2) is 7.78.